The molecular weight excluding hydrogens is 197 g/mol. The number of carbonyl (C=O) groups is 1. The van der Waals surface area contributed by atoms with E-state index in [1.807, 2.05) is 0 Å². The van der Waals surface area contributed by atoms with E-state index >= 15 is 0 Å². The first-order chi connectivity index (χ1) is 4.79. The molecule has 0 saturated heterocycles. The van der Waals surface area contributed by atoms with Crippen LogP contribution in [0.4, 0.5) is 4.79 Å². The third-order valence-electron chi connectivity index (χ3n) is 0.948. The molecule has 0 heterocycles. The van der Waals surface area contributed by atoms with Gasteiger partial charge in [-0.3, -0.25) is 0 Å². The van der Waals surface area contributed by atoms with Crippen molar-refractivity contribution in [1.29, 1.82) is 0 Å². The van der Waals surface area contributed by atoms with Crippen LogP contribution in [0.25, 0.3) is 0 Å². The Bertz CT molecular complexity index is 222. The molecule has 0 aliphatic carbocycles. The zero-order valence-electron chi connectivity index (χ0n) is 5.86. The van der Waals surface area contributed by atoms with Crippen molar-refractivity contribution in [3.05, 3.63) is 30.3 Å². The molecule has 1 rings (SSSR count). The van der Waals surface area contributed by atoms with Crippen molar-refractivity contribution in [1.82, 2.24) is 0 Å². The van der Waals surface area contributed by atoms with Gasteiger partial charge in [0.15, 0.2) is 0 Å². The Morgan fingerprint density at radius 2 is 1.82 bits per heavy atom. The molecule has 1 aromatic rings. The number of para-hydroxylation sites is 1. The summed E-state index contributed by atoms with van der Waals surface area (Å²) in [5, 5.41) is 8.14. The Morgan fingerprint density at radius 1 is 1.27 bits per heavy atom. The van der Waals surface area contributed by atoms with Gasteiger partial charge in [-0.05, 0) is 12.1 Å². The third-order valence-corrected chi connectivity index (χ3v) is 0.948. The van der Waals surface area contributed by atoms with Gasteiger partial charge in [-0.25, -0.2) is 4.79 Å². The van der Waals surface area contributed by atoms with Crippen molar-refractivity contribution in [3.63, 3.8) is 0 Å². The van der Waals surface area contributed by atoms with E-state index in [1.165, 1.54) is 0 Å². The van der Waals surface area contributed by atoms with Crippen LogP contribution >= 0.6 is 0 Å². The van der Waals surface area contributed by atoms with Gasteiger partial charge in [0, 0.05) is 19.5 Å². The van der Waals surface area contributed by atoms with Gasteiger partial charge >= 0.3 is 6.16 Å². The Hall–Kier alpha value is -0.887. The largest absolute Gasteiger partial charge is 0.511 e. The average molecular weight is 204 g/mol. The molecule has 3 nitrogen and oxygen atoms in total. The van der Waals surface area contributed by atoms with E-state index in [0.717, 1.165) is 0 Å². The van der Waals surface area contributed by atoms with E-state index in [0.29, 0.717) is 5.75 Å². The second-order valence-electron chi connectivity index (χ2n) is 1.68. The summed E-state index contributed by atoms with van der Waals surface area (Å²) in [5.41, 5.74) is 0. The van der Waals surface area contributed by atoms with Gasteiger partial charge in [0.2, 0.25) is 0 Å². The SMILES string of the molecule is O=C(O)Oc1ccccc1.[Zn]. The number of benzene rings is 1. The fraction of sp³-hybridized carbons (Fsp3) is 0. The summed E-state index contributed by atoms with van der Waals surface area (Å²) in [6, 6.07) is 8.35. The van der Waals surface area contributed by atoms with Gasteiger partial charge in [0.25, 0.3) is 0 Å². The van der Waals surface area contributed by atoms with Crippen LogP contribution in [0.15, 0.2) is 30.3 Å². The fourth-order valence-corrected chi connectivity index (χ4v) is 0.589. The maximum absolute atomic E-state index is 9.95. The number of carboxylic acid groups (broad SMARTS) is 1. The minimum absolute atomic E-state index is 0. The molecule has 0 aliphatic heterocycles. The predicted molar refractivity (Wildman–Crippen MR) is 35.1 cm³/mol. The smallest absolute Gasteiger partial charge is 0.449 e. The Labute approximate surface area is 76.7 Å². The van der Waals surface area contributed by atoms with Crippen molar-refractivity contribution in [2.24, 2.45) is 0 Å². The van der Waals surface area contributed by atoms with E-state index in [4.69, 9.17) is 5.11 Å². The van der Waals surface area contributed by atoms with Gasteiger partial charge in [-0.2, -0.15) is 0 Å². The molecule has 0 aromatic heterocycles. The van der Waals surface area contributed by atoms with E-state index in [1.54, 1.807) is 30.3 Å². The Morgan fingerprint density at radius 3 is 2.27 bits per heavy atom. The van der Waals surface area contributed by atoms with Crippen molar-refractivity contribution < 1.29 is 34.1 Å². The molecule has 0 radical (unpaired) electrons. The van der Waals surface area contributed by atoms with Crippen LogP contribution in [-0.4, -0.2) is 11.3 Å². The number of rotatable bonds is 1. The predicted octanol–water partition coefficient (Wildman–Crippen LogP) is 1.74. The molecular formula is C7H6O3Zn. The number of hydrogen-bond acceptors (Lipinski definition) is 2. The molecule has 0 spiro atoms. The average Bonchev–Trinajstić information content (AvgIpc) is 1.88. The molecule has 0 atom stereocenters. The normalized spacial score (nSPS) is 8.00. The molecule has 0 saturated carbocycles. The second kappa shape index (κ2) is 4.86. The van der Waals surface area contributed by atoms with E-state index in [-0.39, 0.29) is 19.5 Å². The summed E-state index contributed by atoms with van der Waals surface area (Å²) in [6.45, 7) is 0. The van der Waals surface area contributed by atoms with Crippen molar-refractivity contribution in [2.45, 2.75) is 0 Å². The quantitative estimate of drug-likeness (QED) is 0.430. The van der Waals surface area contributed by atoms with E-state index in [9.17, 15) is 4.79 Å². The van der Waals surface area contributed by atoms with E-state index < -0.39 is 6.16 Å². The van der Waals surface area contributed by atoms with Gasteiger partial charge in [-0.1, -0.05) is 18.2 Å². The topological polar surface area (TPSA) is 46.5 Å². The monoisotopic (exact) mass is 202 g/mol. The summed E-state index contributed by atoms with van der Waals surface area (Å²) in [6.07, 6.45) is -1.29. The summed E-state index contributed by atoms with van der Waals surface area (Å²) in [7, 11) is 0. The minimum atomic E-state index is -1.29. The molecule has 4 heteroatoms. The molecule has 0 amide bonds. The Balaban J connectivity index is 0.000001000. The van der Waals surface area contributed by atoms with Gasteiger partial charge in [0.1, 0.15) is 5.75 Å². The molecule has 1 aromatic carbocycles. The van der Waals surface area contributed by atoms with Crippen molar-refractivity contribution in [2.75, 3.05) is 0 Å². The molecule has 11 heavy (non-hydrogen) atoms. The molecule has 0 aliphatic rings. The second-order valence-corrected chi connectivity index (χ2v) is 1.68. The Kier molecular flexibility index (Phi) is 4.47. The standard InChI is InChI=1S/C7H6O3.Zn/c8-7(9)10-6-4-2-1-3-5-6;/h1-5H,(H,8,9);. The van der Waals surface area contributed by atoms with Crippen LogP contribution in [0.1, 0.15) is 0 Å². The summed E-state index contributed by atoms with van der Waals surface area (Å²) in [4.78, 5) is 9.95. The van der Waals surface area contributed by atoms with Crippen LogP contribution in [-0.2, 0) is 19.5 Å². The first-order valence-corrected chi connectivity index (χ1v) is 2.75. The molecule has 0 fully saturated rings. The van der Waals surface area contributed by atoms with Crippen molar-refractivity contribution >= 4 is 6.16 Å². The zero-order chi connectivity index (χ0) is 7.40. The molecule has 0 unspecified atom stereocenters. The van der Waals surface area contributed by atoms with Gasteiger partial charge < -0.3 is 9.84 Å². The summed E-state index contributed by atoms with van der Waals surface area (Å²) < 4.78 is 4.33. The van der Waals surface area contributed by atoms with Crippen LogP contribution in [0.5, 0.6) is 5.75 Å². The number of hydrogen-bond donors (Lipinski definition) is 1. The van der Waals surface area contributed by atoms with Crippen LogP contribution < -0.4 is 4.74 Å². The fourth-order valence-electron chi connectivity index (χ4n) is 0.589. The third kappa shape index (κ3) is 3.73. The van der Waals surface area contributed by atoms with Crippen molar-refractivity contribution in [3.8, 4) is 5.75 Å². The zero-order valence-corrected chi connectivity index (χ0v) is 8.82. The number of ether oxygens (including phenoxy) is 1. The molecule has 54 valence electrons. The van der Waals surface area contributed by atoms with E-state index in [2.05, 4.69) is 4.74 Å². The van der Waals surface area contributed by atoms with Crippen LogP contribution in [0, 0.1) is 0 Å². The van der Waals surface area contributed by atoms with Gasteiger partial charge in [0.05, 0.1) is 0 Å². The van der Waals surface area contributed by atoms with Crippen LogP contribution in [0.3, 0.4) is 0 Å². The summed E-state index contributed by atoms with van der Waals surface area (Å²) >= 11 is 0. The maximum Gasteiger partial charge on any atom is 0.511 e. The van der Waals surface area contributed by atoms with Gasteiger partial charge in [-0.15, -0.1) is 0 Å². The first-order valence-electron chi connectivity index (χ1n) is 2.75. The van der Waals surface area contributed by atoms with Crippen LogP contribution in [0.2, 0.25) is 0 Å². The molecule has 1 N–H and O–H groups in total. The first kappa shape index (κ1) is 10.1. The minimum Gasteiger partial charge on any atom is -0.449 e. The molecule has 0 bridgehead atoms. The maximum atomic E-state index is 9.95. The summed E-state index contributed by atoms with van der Waals surface area (Å²) in [5.74, 6) is 0.343.